The Morgan fingerprint density at radius 3 is 2.47 bits per heavy atom. The average molecular weight is 432 g/mol. The minimum absolute atomic E-state index is 0.0425. The van der Waals surface area contributed by atoms with Gasteiger partial charge in [-0.3, -0.25) is 9.69 Å². The molecule has 0 saturated carbocycles. The van der Waals surface area contributed by atoms with Crippen LogP contribution >= 0.6 is 0 Å². The minimum atomic E-state index is -3.74. The molecule has 2 aromatic carbocycles. The van der Waals surface area contributed by atoms with Gasteiger partial charge in [-0.05, 0) is 68.2 Å². The van der Waals surface area contributed by atoms with E-state index in [2.05, 4.69) is 10.2 Å². The van der Waals surface area contributed by atoms with Crippen LogP contribution in [0.2, 0.25) is 0 Å². The molecule has 0 radical (unpaired) electrons. The molecular formula is C22H26FN3O3S. The lowest BCUT2D eigenvalue weighted by molar-refractivity contribution is -0.119. The summed E-state index contributed by atoms with van der Waals surface area (Å²) in [7, 11) is -3.74. The highest BCUT2D eigenvalue weighted by molar-refractivity contribution is 7.89. The molecule has 160 valence electrons. The molecule has 30 heavy (non-hydrogen) atoms. The van der Waals surface area contributed by atoms with Crippen molar-refractivity contribution in [3.05, 3.63) is 59.9 Å². The smallest absolute Gasteiger partial charge is 0.243 e. The van der Waals surface area contributed by atoms with Crippen molar-refractivity contribution in [3.8, 4) is 0 Å². The van der Waals surface area contributed by atoms with Crippen molar-refractivity contribution in [2.75, 3.05) is 31.5 Å². The first-order valence-corrected chi connectivity index (χ1v) is 11.7. The van der Waals surface area contributed by atoms with E-state index < -0.39 is 21.8 Å². The lowest BCUT2D eigenvalue weighted by Gasteiger charge is -2.19. The minimum Gasteiger partial charge on any atom is -0.326 e. The molecule has 0 unspecified atom stereocenters. The van der Waals surface area contributed by atoms with Gasteiger partial charge in [0, 0.05) is 25.3 Å². The molecule has 2 aliphatic rings. The second-order valence-electron chi connectivity index (χ2n) is 7.93. The van der Waals surface area contributed by atoms with Crippen LogP contribution in [0.4, 0.5) is 10.1 Å². The van der Waals surface area contributed by atoms with Crippen molar-refractivity contribution in [1.82, 2.24) is 9.21 Å². The number of benzene rings is 2. The Bertz CT molecular complexity index is 1000. The van der Waals surface area contributed by atoms with Crippen LogP contribution in [0, 0.1) is 11.7 Å². The molecule has 6 nitrogen and oxygen atoms in total. The summed E-state index contributed by atoms with van der Waals surface area (Å²) in [6.45, 7) is 3.33. The molecule has 0 aromatic heterocycles. The predicted molar refractivity (Wildman–Crippen MR) is 113 cm³/mol. The van der Waals surface area contributed by atoms with Gasteiger partial charge in [0.2, 0.25) is 15.9 Å². The summed E-state index contributed by atoms with van der Waals surface area (Å²) in [4.78, 5) is 15.3. The van der Waals surface area contributed by atoms with Crippen molar-refractivity contribution < 1.29 is 17.6 Å². The van der Waals surface area contributed by atoms with Crippen LogP contribution in [-0.4, -0.2) is 49.7 Å². The van der Waals surface area contributed by atoms with Gasteiger partial charge >= 0.3 is 0 Å². The second-order valence-corrected chi connectivity index (χ2v) is 9.87. The van der Waals surface area contributed by atoms with Crippen molar-refractivity contribution in [2.45, 2.75) is 30.7 Å². The molecule has 2 fully saturated rings. The molecule has 1 amide bonds. The highest BCUT2D eigenvalue weighted by atomic mass is 32.2. The summed E-state index contributed by atoms with van der Waals surface area (Å²) in [5, 5.41) is 3.01. The van der Waals surface area contributed by atoms with E-state index in [1.807, 2.05) is 24.3 Å². The molecular weight excluding hydrogens is 405 g/mol. The first-order chi connectivity index (χ1) is 14.4. The summed E-state index contributed by atoms with van der Waals surface area (Å²) in [6.07, 6.45) is 2.87. The van der Waals surface area contributed by atoms with Crippen molar-refractivity contribution in [1.29, 1.82) is 0 Å². The number of nitrogens with one attached hydrogen (secondary N) is 1. The Kier molecular flexibility index (Phi) is 6.17. The quantitative estimate of drug-likeness (QED) is 0.763. The number of amides is 1. The zero-order chi connectivity index (χ0) is 21.1. The van der Waals surface area contributed by atoms with E-state index in [4.69, 9.17) is 0 Å². The van der Waals surface area contributed by atoms with Crippen molar-refractivity contribution in [2.24, 2.45) is 5.92 Å². The maximum Gasteiger partial charge on any atom is 0.243 e. The van der Waals surface area contributed by atoms with Crippen LogP contribution in [0.5, 0.6) is 0 Å². The largest absolute Gasteiger partial charge is 0.326 e. The van der Waals surface area contributed by atoms with Crippen LogP contribution in [0.15, 0.2) is 53.4 Å². The van der Waals surface area contributed by atoms with Crippen LogP contribution in [0.3, 0.4) is 0 Å². The van der Waals surface area contributed by atoms with Gasteiger partial charge in [-0.1, -0.05) is 18.2 Å². The highest BCUT2D eigenvalue weighted by Crippen LogP contribution is 2.27. The summed E-state index contributed by atoms with van der Waals surface area (Å²) >= 11 is 0. The number of nitrogens with zero attached hydrogens (tertiary/aromatic N) is 2. The average Bonchev–Trinajstić information content (AvgIpc) is 3.42. The van der Waals surface area contributed by atoms with E-state index in [1.54, 1.807) is 0 Å². The predicted octanol–water partition coefficient (Wildman–Crippen LogP) is 3.07. The fraction of sp³-hybridized carbons (Fsp3) is 0.409. The summed E-state index contributed by atoms with van der Waals surface area (Å²) in [6, 6.07) is 12.5. The number of halogens is 1. The molecule has 0 aliphatic carbocycles. The molecule has 8 heteroatoms. The van der Waals surface area contributed by atoms with Gasteiger partial charge in [0.15, 0.2) is 0 Å². The van der Waals surface area contributed by atoms with Crippen LogP contribution in [-0.2, 0) is 21.4 Å². The van der Waals surface area contributed by atoms with Crippen molar-refractivity contribution >= 4 is 21.6 Å². The van der Waals surface area contributed by atoms with Crippen LogP contribution < -0.4 is 5.32 Å². The molecule has 2 saturated heterocycles. The monoisotopic (exact) mass is 431 g/mol. The lowest BCUT2D eigenvalue weighted by atomic mass is 10.1. The van der Waals surface area contributed by atoms with Gasteiger partial charge < -0.3 is 5.32 Å². The van der Waals surface area contributed by atoms with Crippen LogP contribution in [0.25, 0.3) is 0 Å². The Balaban J connectivity index is 1.41. The van der Waals surface area contributed by atoms with E-state index in [1.165, 1.54) is 29.3 Å². The number of carbonyl (C=O) groups excluding carboxylic acids is 1. The third-order valence-electron chi connectivity index (χ3n) is 5.84. The number of hydrogen-bond acceptors (Lipinski definition) is 4. The topological polar surface area (TPSA) is 69.7 Å². The third kappa shape index (κ3) is 4.55. The number of para-hydroxylation sites is 1. The van der Waals surface area contributed by atoms with Gasteiger partial charge in [-0.2, -0.15) is 4.31 Å². The summed E-state index contributed by atoms with van der Waals surface area (Å²) in [5.74, 6) is -1.07. The molecule has 2 aromatic rings. The van der Waals surface area contributed by atoms with Crippen LogP contribution in [0.1, 0.15) is 24.8 Å². The molecule has 2 heterocycles. The van der Waals surface area contributed by atoms with E-state index in [0.717, 1.165) is 43.0 Å². The molecule has 4 rings (SSSR count). The van der Waals surface area contributed by atoms with E-state index in [9.17, 15) is 17.6 Å². The third-order valence-corrected chi connectivity index (χ3v) is 7.72. The number of carbonyl (C=O) groups is 1. The number of anilines is 1. The number of likely N-dealkylation sites (tertiary alicyclic amines) is 1. The van der Waals surface area contributed by atoms with Crippen molar-refractivity contribution in [3.63, 3.8) is 0 Å². The Hall–Kier alpha value is -2.29. The van der Waals surface area contributed by atoms with E-state index in [0.29, 0.717) is 6.42 Å². The summed E-state index contributed by atoms with van der Waals surface area (Å²) < 4.78 is 40.0. The van der Waals surface area contributed by atoms with Gasteiger partial charge in [0.1, 0.15) is 5.82 Å². The molecule has 0 spiro atoms. The fourth-order valence-corrected chi connectivity index (χ4v) is 5.61. The number of sulfonamides is 1. The normalized spacial score (nSPS) is 20.5. The Morgan fingerprint density at radius 1 is 1.03 bits per heavy atom. The first-order valence-electron chi connectivity index (χ1n) is 10.3. The molecule has 2 aliphatic heterocycles. The maximum absolute atomic E-state index is 13.1. The fourth-order valence-electron chi connectivity index (χ4n) is 4.11. The second kappa shape index (κ2) is 8.83. The standard InChI is InChI=1S/C22H26FN3O3S/c23-19-7-9-20(10-8-19)30(28,29)26-14-11-18(16-26)22(27)24-21-6-2-1-5-17(21)15-25-12-3-4-13-25/h1-2,5-10,18H,3-4,11-16H2,(H,24,27)/t18-/m1/s1. The highest BCUT2D eigenvalue weighted by Gasteiger charge is 2.36. The SMILES string of the molecule is O=C(Nc1ccccc1CN1CCCC1)[C@@H]1CCN(S(=O)(=O)c2ccc(F)cc2)C1. The number of hydrogen-bond donors (Lipinski definition) is 1. The molecule has 1 atom stereocenters. The summed E-state index contributed by atoms with van der Waals surface area (Å²) in [5.41, 5.74) is 1.86. The number of rotatable bonds is 6. The maximum atomic E-state index is 13.1. The van der Waals surface area contributed by atoms with Gasteiger partial charge in [-0.25, -0.2) is 12.8 Å². The molecule has 0 bridgehead atoms. The van der Waals surface area contributed by atoms with Gasteiger partial charge in [0.05, 0.1) is 10.8 Å². The van der Waals surface area contributed by atoms with Gasteiger partial charge in [-0.15, -0.1) is 0 Å². The van der Waals surface area contributed by atoms with E-state index in [-0.39, 0.29) is 23.9 Å². The zero-order valence-corrected chi connectivity index (χ0v) is 17.6. The zero-order valence-electron chi connectivity index (χ0n) is 16.8. The van der Waals surface area contributed by atoms with E-state index >= 15 is 0 Å². The first kappa shape index (κ1) is 21.0. The molecule has 1 N–H and O–H groups in total. The van der Waals surface area contributed by atoms with Gasteiger partial charge in [0.25, 0.3) is 0 Å². The lowest BCUT2D eigenvalue weighted by Crippen LogP contribution is -2.31. The Labute approximate surface area is 176 Å². The Morgan fingerprint density at radius 2 is 1.73 bits per heavy atom.